The monoisotopic (exact) mass is 201 g/mol. The highest BCUT2D eigenvalue weighted by molar-refractivity contribution is 5.96. The normalized spacial score (nSPS) is 23.6. The molecule has 1 rings (SSSR count). The molecule has 1 fully saturated rings. The second kappa shape index (κ2) is 4.41. The Balaban J connectivity index is 2.51. The summed E-state index contributed by atoms with van der Waals surface area (Å²) in [6, 6.07) is 0. The zero-order valence-corrected chi connectivity index (χ0v) is 8.40. The van der Waals surface area contributed by atoms with Crippen molar-refractivity contribution in [3.8, 4) is 0 Å². The van der Waals surface area contributed by atoms with E-state index in [0.29, 0.717) is 13.1 Å². The number of methoxy groups -OCH3 is 1. The van der Waals surface area contributed by atoms with Gasteiger partial charge in [0.25, 0.3) is 0 Å². The van der Waals surface area contributed by atoms with Crippen LogP contribution in [0.4, 0.5) is 0 Å². The first-order valence-corrected chi connectivity index (χ1v) is 4.60. The number of aliphatic carboxylic acids is 1. The highest BCUT2D eigenvalue weighted by Gasteiger charge is 2.31. The third kappa shape index (κ3) is 2.23. The van der Waals surface area contributed by atoms with E-state index in [0.717, 1.165) is 6.42 Å². The number of likely N-dealkylation sites (tertiary alicyclic amines) is 1. The molecule has 1 aliphatic heterocycles. The fourth-order valence-electron chi connectivity index (χ4n) is 1.50. The molecule has 0 saturated carbocycles. The Morgan fingerprint density at radius 2 is 2.21 bits per heavy atom. The van der Waals surface area contributed by atoms with Crippen molar-refractivity contribution >= 4 is 11.9 Å². The molecule has 0 aromatic rings. The van der Waals surface area contributed by atoms with Gasteiger partial charge < -0.3 is 14.7 Å². The van der Waals surface area contributed by atoms with Crippen LogP contribution >= 0.6 is 0 Å². The van der Waals surface area contributed by atoms with Gasteiger partial charge in [-0.15, -0.1) is 0 Å². The Labute approximate surface area is 82.6 Å². The van der Waals surface area contributed by atoms with Gasteiger partial charge in [-0.2, -0.15) is 0 Å². The van der Waals surface area contributed by atoms with E-state index >= 15 is 0 Å². The van der Waals surface area contributed by atoms with Crippen molar-refractivity contribution in [1.29, 1.82) is 0 Å². The van der Waals surface area contributed by atoms with Crippen LogP contribution in [0.3, 0.4) is 0 Å². The van der Waals surface area contributed by atoms with Crippen LogP contribution in [0.5, 0.6) is 0 Å². The highest BCUT2D eigenvalue weighted by Crippen LogP contribution is 2.14. The van der Waals surface area contributed by atoms with Crippen molar-refractivity contribution in [1.82, 2.24) is 4.90 Å². The van der Waals surface area contributed by atoms with E-state index in [9.17, 15) is 9.59 Å². The SMILES string of the molecule is COC1CCN(C(=O)C(C)C(=O)O)C1. The van der Waals surface area contributed by atoms with Crippen molar-refractivity contribution in [2.24, 2.45) is 5.92 Å². The molecule has 0 bridgehead atoms. The Bertz CT molecular complexity index is 241. The lowest BCUT2D eigenvalue weighted by molar-refractivity contribution is -0.150. The maximum atomic E-state index is 11.5. The molecule has 0 spiro atoms. The number of carboxylic acid groups (broad SMARTS) is 1. The van der Waals surface area contributed by atoms with Crippen molar-refractivity contribution < 1.29 is 19.4 Å². The summed E-state index contributed by atoms with van der Waals surface area (Å²) in [6.07, 6.45) is 0.842. The summed E-state index contributed by atoms with van der Waals surface area (Å²) in [6.45, 7) is 2.51. The van der Waals surface area contributed by atoms with E-state index < -0.39 is 11.9 Å². The summed E-state index contributed by atoms with van der Waals surface area (Å²) >= 11 is 0. The molecule has 5 heteroatoms. The van der Waals surface area contributed by atoms with Gasteiger partial charge in [0, 0.05) is 20.2 Å². The summed E-state index contributed by atoms with van der Waals surface area (Å²) in [4.78, 5) is 23.7. The van der Waals surface area contributed by atoms with Crippen LogP contribution in [0.25, 0.3) is 0 Å². The Morgan fingerprint density at radius 1 is 1.57 bits per heavy atom. The van der Waals surface area contributed by atoms with Crippen LogP contribution in [0.1, 0.15) is 13.3 Å². The zero-order valence-electron chi connectivity index (χ0n) is 8.40. The first kappa shape index (κ1) is 11.0. The van der Waals surface area contributed by atoms with Crippen LogP contribution in [0.15, 0.2) is 0 Å². The number of amides is 1. The van der Waals surface area contributed by atoms with E-state index in [4.69, 9.17) is 9.84 Å². The first-order chi connectivity index (χ1) is 6.56. The number of carboxylic acids is 1. The Morgan fingerprint density at radius 3 is 2.64 bits per heavy atom. The predicted octanol–water partition coefficient (Wildman–Crippen LogP) is -0.0456. The van der Waals surface area contributed by atoms with Gasteiger partial charge >= 0.3 is 5.97 Å². The van der Waals surface area contributed by atoms with Gasteiger partial charge in [-0.3, -0.25) is 9.59 Å². The third-order valence-corrected chi connectivity index (χ3v) is 2.53. The molecule has 2 unspecified atom stereocenters. The maximum Gasteiger partial charge on any atom is 0.315 e. The Kier molecular flexibility index (Phi) is 3.46. The molecule has 1 aliphatic rings. The van der Waals surface area contributed by atoms with E-state index in [-0.39, 0.29) is 12.0 Å². The van der Waals surface area contributed by atoms with Crippen LogP contribution in [-0.2, 0) is 14.3 Å². The van der Waals surface area contributed by atoms with Crippen molar-refractivity contribution in [3.05, 3.63) is 0 Å². The van der Waals surface area contributed by atoms with Crippen LogP contribution in [0.2, 0.25) is 0 Å². The van der Waals surface area contributed by atoms with Gasteiger partial charge in [-0.1, -0.05) is 0 Å². The number of nitrogens with zero attached hydrogens (tertiary/aromatic N) is 1. The smallest absolute Gasteiger partial charge is 0.315 e. The van der Waals surface area contributed by atoms with Crippen molar-refractivity contribution in [2.75, 3.05) is 20.2 Å². The van der Waals surface area contributed by atoms with Crippen LogP contribution < -0.4 is 0 Å². The van der Waals surface area contributed by atoms with Gasteiger partial charge in [0.2, 0.25) is 5.91 Å². The van der Waals surface area contributed by atoms with Gasteiger partial charge in [-0.05, 0) is 13.3 Å². The van der Waals surface area contributed by atoms with Gasteiger partial charge in [0.15, 0.2) is 0 Å². The molecule has 0 aromatic heterocycles. The molecule has 1 amide bonds. The number of carbonyl (C=O) groups is 2. The predicted molar refractivity (Wildman–Crippen MR) is 48.8 cm³/mol. The molecule has 1 N–H and O–H groups in total. The van der Waals surface area contributed by atoms with Gasteiger partial charge in [0.1, 0.15) is 5.92 Å². The summed E-state index contributed by atoms with van der Waals surface area (Å²) in [5.74, 6) is -2.35. The molecule has 0 aliphatic carbocycles. The third-order valence-electron chi connectivity index (χ3n) is 2.53. The lowest BCUT2D eigenvalue weighted by Gasteiger charge is -2.18. The minimum atomic E-state index is -1.07. The van der Waals surface area contributed by atoms with Crippen LogP contribution in [-0.4, -0.2) is 48.2 Å². The zero-order chi connectivity index (χ0) is 10.7. The molecule has 0 radical (unpaired) electrons. The molecular formula is C9H15NO4. The largest absolute Gasteiger partial charge is 0.481 e. The lowest BCUT2D eigenvalue weighted by Crippen LogP contribution is -2.37. The minimum Gasteiger partial charge on any atom is -0.481 e. The number of carbonyl (C=O) groups excluding carboxylic acids is 1. The van der Waals surface area contributed by atoms with Gasteiger partial charge in [0.05, 0.1) is 6.10 Å². The van der Waals surface area contributed by atoms with Crippen molar-refractivity contribution in [2.45, 2.75) is 19.4 Å². The molecular weight excluding hydrogens is 186 g/mol. The van der Waals surface area contributed by atoms with E-state index in [1.807, 2.05) is 0 Å². The van der Waals surface area contributed by atoms with Crippen molar-refractivity contribution in [3.63, 3.8) is 0 Å². The lowest BCUT2D eigenvalue weighted by atomic mass is 10.1. The number of rotatable bonds is 3. The molecule has 2 atom stereocenters. The van der Waals surface area contributed by atoms with Crippen LogP contribution in [0, 0.1) is 5.92 Å². The second-order valence-corrected chi connectivity index (χ2v) is 3.49. The van der Waals surface area contributed by atoms with Gasteiger partial charge in [-0.25, -0.2) is 0 Å². The summed E-state index contributed by atoms with van der Waals surface area (Å²) < 4.78 is 5.09. The average molecular weight is 201 g/mol. The molecule has 5 nitrogen and oxygen atoms in total. The van der Waals surface area contributed by atoms with E-state index in [1.165, 1.54) is 6.92 Å². The summed E-state index contributed by atoms with van der Waals surface area (Å²) in [7, 11) is 1.60. The number of hydrogen-bond donors (Lipinski definition) is 1. The summed E-state index contributed by atoms with van der Waals surface area (Å²) in [5.41, 5.74) is 0. The standard InChI is InChI=1S/C9H15NO4/c1-6(9(12)13)8(11)10-4-3-7(5-10)14-2/h6-7H,3-5H2,1-2H3,(H,12,13). The highest BCUT2D eigenvalue weighted by atomic mass is 16.5. The topological polar surface area (TPSA) is 66.8 Å². The molecule has 14 heavy (non-hydrogen) atoms. The molecule has 0 aromatic carbocycles. The fraction of sp³-hybridized carbons (Fsp3) is 0.778. The molecule has 1 saturated heterocycles. The summed E-state index contributed by atoms with van der Waals surface area (Å²) in [5, 5.41) is 8.66. The average Bonchev–Trinajstić information content (AvgIpc) is 2.63. The number of hydrogen-bond acceptors (Lipinski definition) is 3. The second-order valence-electron chi connectivity index (χ2n) is 3.49. The first-order valence-electron chi connectivity index (χ1n) is 4.60. The fourth-order valence-corrected chi connectivity index (χ4v) is 1.50. The maximum absolute atomic E-state index is 11.5. The van der Waals surface area contributed by atoms with E-state index in [2.05, 4.69) is 0 Å². The molecule has 80 valence electrons. The Hall–Kier alpha value is -1.10. The quantitative estimate of drug-likeness (QED) is 0.650. The minimum absolute atomic E-state index is 0.0555. The molecule has 1 heterocycles. The van der Waals surface area contributed by atoms with E-state index in [1.54, 1.807) is 12.0 Å². The number of ether oxygens (including phenoxy) is 1.